The van der Waals surface area contributed by atoms with Crippen molar-refractivity contribution in [3.05, 3.63) is 95.2 Å². The van der Waals surface area contributed by atoms with Crippen LogP contribution in [0.1, 0.15) is 16.7 Å². The number of carbonyl (C=O) groups excluding carboxylic acids is 1. The molecular weight excluding hydrogens is 406 g/mol. The van der Waals surface area contributed by atoms with Crippen LogP contribution >= 0.6 is 0 Å². The minimum absolute atomic E-state index is 0.199. The van der Waals surface area contributed by atoms with Gasteiger partial charge in [0.2, 0.25) is 6.79 Å². The van der Waals surface area contributed by atoms with Crippen molar-refractivity contribution in [2.45, 2.75) is 0 Å². The van der Waals surface area contributed by atoms with Gasteiger partial charge >= 0.3 is 0 Å². The van der Waals surface area contributed by atoms with E-state index >= 15 is 0 Å². The first-order chi connectivity index (χ1) is 15.7. The number of amides is 1. The zero-order chi connectivity index (χ0) is 21.9. The van der Waals surface area contributed by atoms with Gasteiger partial charge in [-0.1, -0.05) is 42.5 Å². The number of aliphatic imine (C=N–C) groups is 1. The molecule has 2 aliphatic rings. The number of hydrogen-bond acceptors (Lipinski definition) is 6. The molecule has 3 aromatic carbocycles. The second-order valence-corrected chi connectivity index (χ2v) is 7.08. The van der Waals surface area contributed by atoms with Crippen molar-refractivity contribution in [2.24, 2.45) is 10.1 Å². The summed E-state index contributed by atoms with van der Waals surface area (Å²) in [4.78, 5) is 17.8. The average molecular weight is 425 g/mol. The van der Waals surface area contributed by atoms with Gasteiger partial charge in [-0.05, 0) is 47.5 Å². The van der Waals surface area contributed by atoms with Crippen LogP contribution in [0.25, 0.3) is 6.08 Å². The molecule has 5 rings (SSSR count). The van der Waals surface area contributed by atoms with Crippen LogP contribution in [0.4, 0.5) is 0 Å². The summed E-state index contributed by atoms with van der Waals surface area (Å²) in [6.07, 6.45) is 3.34. The largest absolute Gasteiger partial charge is 0.497 e. The molecule has 0 radical (unpaired) electrons. The third-order valence-corrected chi connectivity index (χ3v) is 5.01. The predicted octanol–water partition coefficient (Wildman–Crippen LogP) is 4.09. The number of carbonyl (C=O) groups is 1. The second kappa shape index (κ2) is 8.39. The van der Waals surface area contributed by atoms with E-state index in [2.05, 4.69) is 10.1 Å². The molecule has 0 atom stereocenters. The van der Waals surface area contributed by atoms with Crippen molar-refractivity contribution in [1.29, 1.82) is 0 Å². The fraction of sp³-hybridized carbons (Fsp3) is 0.0800. The lowest BCUT2D eigenvalue weighted by Crippen LogP contribution is -2.27. The number of benzene rings is 3. The quantitative estimate of drug-likeness (QED) is 0.456. The van der Waals surface area contributed by atoms with Crippen molar-refractivity contribution >= 4 is 24.0 Å². The molecule has 3 aromatic rings. The van der Waals surface area contributed by atoms with Gasteiger partial charge < -0.3 is 14.2 Å². The summed E-state index contributed by atoms with van der Waals surface area (Å²) < 4.78 is 16.0. The van der Waals surface area contributed by atoms with Crippen molar-refractivity contribution in [2.75, 3.05) is 13.9 Å². The third-order valence-electron chi connectivity index (χ3n) is 5.01. The highest BCUT2D eigenvalue weighted by atomic mass is 16.7. The van der Waals surface area contributed by atoms with Crippen LogP contribution in [-0.2, 0) is 4.79 Å². The highest BCUT2D eigenvalue weighted by molar-refractivity contribution is 6.19. The summed E-state index contributed by atoms with van der Waals surface area (Å²) in [5, 5.41) is 5.76. The summed E-state index contributed by atoms with van der Waals surface area (Å²) in [7, 11) is 1.61. The van der Waals surface area contributed by atoms with Gasteiger partial charge in [-0.15, -0.1) is 0 Å². The van der Waals surface area contributed by atoms with Crippen LogP contribution in [0.15, 0.2) is 88.6 Å². The zero-order valence-corrected chi connectivity index (χ0v) is 17.3. The van der Waals surface area contributed by atoms with E-state index in [1.54, 1.807) is 19.4 Å². The first kappa shape index (κ1) is 19.6. The zero-order valence-electron chi connectivity index (χ0n) is 17.3. The molecule has 2 aliphatic heterocycles. The van der Waals surface area contributed by atoms with E-state index in [1.807, 2.05) is 72.8 Å². The van der Waals surface area contributed by atoms with E-state index in [4.69, 9.17) is 14.2 Å². The Kier molecular flexibility index (Phi) is 5.13. The van der Waals surface area contributed by atoms with Crippen molar-refractivity contribution < 1.29 is 19.0 Å². The van der Waals surface area contributed by atoms with Gasteiger partial charge in [0.1, 0.15) is 11.4 Å². The lowest BCUT2D eigenvalue weighted by Gasteiger charge is -2.12. The number of hydrogen-bond donors (Lipinski definition) is 0. The molecule has 0 aromatic heterocycles. The molecule has 1 amide bonds. The molecule has 7 nitrogen and oxygen atoms in total. The SMILES string of the molecule is COc1ccc(C=C2N=C(c3ccccc3)N(N=Cc3ccc4c(c3)OCO4)C2=O)cc1. The van der Waals surface area contributed by atoms with Gasteiger partial charge in [-0.3, -0.25) is 4.79 Å². The van der Waals surface area contributed by atoms with Crippen LogP contribution in [0.2, 0.25) is 0 Å². The van der Waals surface area contributed by atoms with Gasteiger partial charge in [0.25, 0.3) is 5.91 Å². The van der Waals surface area contributed by atoms with Gasteiger partial charge in [-0.25, -0.2) is 4.99 Å². The van der Waals surface area contributed by atoms with Crippen LogP contribution in [-0.4, -0.2) is 36.9 Å². The Balaban J connectivity index is 1.48. The van der Waals surface area contributed by atoms with Gasteiger partial charge in [0.15, 0.2) is 17.3 Å². The maximum absolute atomic E-state index is 13.2. The van der Waals surface area contributed by atoms with Crippen LogP contribution in [0.5, 0.6) is 17.2 Å². The fourth-order valence-electron chi connectivity index (χ4n) is 3.36. The number of fused-ring (bicyclic) bond motifs is 1. The Bertz CT molecular complexity index is 1250. The van der Waals surface area contributed by atoms with Crippen LogP contribution in [0, 0.1) is 0 Å². The Hall–Kier alpha value is -4.39. The number of methoxy groups -OCH3 is 1. The molecule has 7 heteroatoms. The first-order valence-electron chi connectivity index (χ1n) is 9.99. The summed E-state index contributed by atoms with van der Waals surface area (Å²) in [6, 6.07) is 22.4. The van der Waals surface area contributed by atoms with E-state index in [0.29, 0.717) is 23.0 Å². The lowest BCUT2D eigenvalue weighted by molar-refractivity contribution is -0.122. The van der Waals surface area contributed by atoms with Gasteiger partial charge in [0, 0.05) is 5.56 Å². The molecular formula is C25H19N3O4. The van der Waals surface area contributed by atoms with Crippen LogP contribution < -0.4 is 14.2 Å². The highest BCUT2D eigenvalue weighted by Gasteiger charge is 2.31. The van der Waals surface area contributed by atoms with E-state index in [9.17, 15) is 4.79 Å². The number of ether oxygens (including phenoxy) is 3. The molecule has 0 fully saturated rings. The molecule has 0 unspecified atom stereocenters. The van der Waals surface area contributed by atoms with E-state index < -0.39 is 0 Å². The smallest absolute Gasteiger partial charge is 0.298 e. The summed E-state index contributed by atoms with van der Waals surface area (Å²) >= 11 is 0. The number of nitrogens with zero attached hydrogens (tertiary/aromatic N) is 3. The summed E-state index contributed by atoms with van der Waals surface area (Å²) in [6.45, 7) is 0.199. The molecule has 32 heavy (non-hydrogen) atoms. The Labute approximate surface area is 184 Å². The molecule has 2 heterocycles. The van der Waals surface area contributed by atoms with Crippen molar-refractivity contribution in [3.63, 3.8) is 0 Å². The van der Waals surface area contributed by atoms with Gasteiger partial charge in [-0.2, -0.15) is 10.1 Å². The number of rotatable bonds is 5. The number of amidine groups is 1. The van der Waals surface area contributed by atoms with E-state index in [0.717, 1.165) is 22.4 Å². The maximum Gasteiger partial charge on any atom is 0.298 e. The lowest BCUT2D eigenvalue weighted by atomic mass is 10.2. The third kappa shape index (κ3) is 3.83. The molecule has 0 bridgehead atoms. The van der Waals surface area contributed by atoms with E-state index in [1.165, 1.54) is 5.01 Å². The topological polar surface area (TPSA) is 72.7 Å². The Morgan fingerprint density at radius 3 is 2.50 bits per heavy atom. The fourth-order valence-corrected chi connectivity index (χ4v) is 3.36. The normalized spacial score (nSPS) is 16.2. The molecule has 0 saturated heterocycles. The van der Waals surface area contributed by atoms with Crippen LogP contribution in [0.3, 0.4) is 0 Å². The molecule has 0 spiro atoms. The minimum Gasteiger partial charge on any atom is -0.497 e. The highest BCUT2D eigenvalue weighted by Crippen LogP contribution is 2.32. The molecule has 158 valence electrons. The monoisotopic (exact) mass is 425 g/mol. The standard InChI is InChI=1S/C25H19N3O4/c1-30-20-10-7-17(8-11-20)13-21-25(29)28(24(27-21)19-5-3-2-4-6-19)26-15-18-9-12-22-23(14-18)32-16-31-22/h2-15H,16H2,1H3. The Morgan fingerprint density at radius 1 is 0.969 bits per heavy atom. The van der Waals surface area contributed by atoms with Crippen molar-refractivity contribution in [3.8, 4) is 17.2 Å². The van der Waals surface area contributed by atoms with Crippen molar-refractivity contribution in [1.82, 2.24) is 5.01 Å². The molecule has 0 N–H and O–H groups in total. The van der Waals surface area contributed by atoms with E-state index in [-0.39, 0.29) is 12.7 Å². The average Bonchev–Trinajstić information content (AvgIpc) is 3.43. The minimum atomic E-state index is -0.309. The van der Waals surface area contributed by atoms with Gasteiger partial charge in [0.05, 0.1) is 13.3 Å². The second-order valence-electron chi connectivity index (χ2n) is 7.08. The predicted molar refractivity (Wildman–Crippen MR) is 121 cm³/mol. The molecule has 0 aliphatic carbocycles. The summed E-state index contributed by atoms with van der Waals surface area (Å²) in [5.74, 6) is 2.24. The maximum atomic E-state index is 13.2. The summed E-state index contributed by atoms with van der Waals surface area (Å²) in [5.41, 5.74) is 2.72. The molecule has 0 saturated carbocycles. The Morgan fingerprint density at radius 2 is 1.72 bits per heavy atom. The first-order valence-corrected chi connectivity index (χ1v) is 9.99. The number of hydrazone groups is 1.